The van der Waals surface area contributed by atoms with Gasteiger partial charge < -0.3 is 0 Å². The lowest BCUT2D eigenvalue weighted by Crippen LogP contribution is -2.03. The third-order valence-electron chi connectivity index (χ3n) is 2.61. The number of thiophene rings is 1. The maximum absolute atomic E-state index is 12.4. The first-order valence-electron chi connectivity index (χ1n) is 5.70. The van der Waals surface area contributed by atoms with Gasteiger partial charge in [0.15, 0.2) is 0 Å². The normalized spacial score (nSPS) is 11.9. The van der Waals surface area contributed by atoms with E-state index in [1.807, 2.05) is 0 Å². The zero-order valence-electron chi connectivity index (χ0n) is 10.8. The predicted molar refractivity (Wildman–Crippen MR) is 83.2 cm³/mol. The Balaban J connectivity index is 2.46. The highest BCUT2D eigenvalue weighted by Crippen LogP contribution is 2.27. The van der Waals surface area contributed by atoms with Gasteiger partial charge in [0.2, 0.25) is 9.84 Å². The highest BCUT2D eigenvalue weighted by atomic mass is 35.5. The van der Waals surface area contributed by atoms with Crippen LogP contribution in [0, 0.1) is 21.4 Å². The van der Waals surface area contributed by atoms with Crippen LogP contribution in [0.15, 0.2) is 45.5 Å². The molecule has 0 saturated heterocycles. The third-order valence-corrected chi connectivity index (χ3v) is 5.44. The summed E-state index contributed by atoms with van der Waals surface area (Å²) in [5, 5.41) is 21.4. The van der Waals surface area contributed by atoms with Crippen LogP contribution in [0.2, 0.25) is 5.02 Å². The van der Waals surface area contributed by atoms with Gasteiger partial charge in [-0.25, -0.2) is 8.42 Å². The molecular weight excluding hydrogens is 348 g/mol. The van der Waals surface area contributed by atoms with Crippen LogP contribution < -0.4 is 0 Å². The summed E-state index contributed by atoms with van der Waals surface area (Å²) in [6, 6.07) is 8.21. The number of sulfone groups is 1. The van der Waals surface area contributed by atoms with Gasteiger partial charge in [-0.3, -0.25) is 10.1 Å². The first-order valence-corrected chi connectivity index (χ1v) is 8.44. The molecule has 112 valence electrons. The van der Waals surface area contributed by atoms with Gasteiger partial charge in [0.25, 0.3) is 0 Å². The minimum absolute atomic E-state index is 0.0746. The smallest absolute Gasteiger partial charge is 0.258 e. The van der Waals surface area contributed by atoms with Crippen LogP contribution in [0.3, 0.4) is 0 Å². The molecule has 0 atom stereocenters. The molecule has 1 heterocycles. The van der Waals surface area contributed by atoms with Crippen LogP contribution in [0.1, 0.15) is 5.56 Å². The van der Waals surface area contributed by atoms with Crippen LogP contribution >= 0.6 is 22.9 Å². The quantitative estimate of drug-likeness (QED) is 0.473. The van der Waals surface area contributed by atoms with E-state index in [4.69, 9.17) is 16.9 Å². The number of hydrogen-bond donors (Lipinski definition) is 0. The molecule has 0 saturated carbocycles. The second-order valence-corrected chi connectivity index (χ2v) is 7.30. The number of allylic oxidation sites excluding steroid dienone is 1. The predicted octanol–water partition coefficient (Wildman–Crippen LogP) is 3.65. The number of hydrogen-bond acceptors (Lipinski definition) is 6. The molecule has 0 aliphatic heterocycles. The van der Waals surface area contributed by atoms with Crippen molar-refractivity contribution in [3.05, 3.63) is 61.3 Å². The summed E-state index contributed by atoms with van der Waals surface area (Å²) in [6.07, 6.45) is 1.10. The Morgan fingerprint density at radius 3 is 2.50 bits per heavy atom. The van der Waals surface area contributed by atoms with Crippen molar-refractivity contribution in [3.8, 4) is 6.07 Å². The van der Waals surface area contributed by atoms with Crippen molar-refractivity contribution < 1.29 is 13.3 Å². The molecule has 0 unspecified atom stereocenters. The molecule has 1 aromatic carbocycles. The van der Waals surface area contributed by atoms with E-state index in [9.17, 15) is 18.5 Å². The molecule has 0 radical (unpaired) electrons. The lowest BCUT2D eigenvalue weighted by atomic mass is 10.3. The number of nitrogens with zero attached hydrogens (tertiary/aromatic N) is 2. The van der Waals surface area contributed by atoms with E-state index in [1.165, 1.54) is 35.7 Å². The largest absolute Gasteiger partial charge is 0.324 e. The Bertz CT molecular complexity index is 893. The van der Waals surface area contributed by atoms with E-state index in [0.717, 1.165) is 17.4 Å². The van der Waals surface area contributed by atoms with Gasteiger partial charge in [-0.15, -0.1) is 0 Å². The molecule has 0 aliphatic carbocycles. The first kappa shape index (κ1) is 16.2. The molecule has 1 aromatic heterocycles. The molecule has 2 aromatic rings. The van der Waals surface area contributed by atoms with E-state index in [-0.39, 0.29) is 15.5 Å². The highest BCUT2D eigenvalue weighted by molar-refractivity contribution is 7.95. The Kier molecular flexibility index (Phi) is 4.61. The number of halogens is 1. The minimum Gasteiger partial charge on any atom is -0.258 e. The van der Waals surface area contributed by atoms with Gasteiger partial charge in [0.1, 0.15) is 11.0 Å². The average Bonchev–Trinajstić information content (AvgIpc) is 2.94. The fraction of sp³-hybridized carbons (Fsp3) is 0. The van der Waals surface area contributed by atoms with Crippen molar-refractivity contribution in [2.75, 3.05) is 0 Å². The van der Waals surface area contributed by atoms with Crippen molar-refractivity contribution in [2.24, 2.45) is 0 Å². The Morgan fingerprint density at radius 2 is 2.00 bits per heavy atom. The Morgan fingerprint density at radius 1 is 1.36 bits per heavy atom. The first-order chi connectivity index (χ1) is 10.3. The summed E-state index contributed by atoms with van der Waals surface area (Å²) >= 11 is 6.55. The van der Waals surface area contributed by atoms with E-state index in [2.05, 4.69) is 0 Å². The standard InChI is InChI=1S/C13H7ClN2O4S2/c14-10-1-3-11(4-2-10)22(19,20)12(7-15)5-9-6-13(16(17)18)21-8-9/h1-6,8H/b12-5+. The van der Waals surface area contributed by atoms with Crippen molar-refractivity contribution in [2.45, 2.75) is 4.90 Å². The molecule has 0 N–H and O–H groups in total. The summed E-state index contributed by atoms with van der Waals surface area (Å²) in [7, 11) is -4.00. The molecule has 22 heavy (non-hydrogen) atoms. The van der Waals surface area contributed by atoms with E-state index in [0.29, 0.717) is 5.02 Å². The van der Waals surface area contributed by atoms with E-state index >= 15 is 0 Å². The molecule has 0 amide bonds. The summed E-state index contributed by atoms with van der Waals surface area (Å²) in [5.74, 6) is 0. The molecule has 0 spiro atoms. The lowest BCUT2D eigenvalue weighted by Gasteiger charge is -2.02. The lowest BCUT2D eigenvalue weighted by molar-refractivity contribution is -0.380. The maximum Gasteiger partial charge on any atom is 0.324 e. The molecule has 0 aliphatic rings. The fourth-order valence-electron chi connectivity index (χ4n) is 1.57. The summed E-state index contributed by atoms with van der Waals surface area (Å²) in [5.41, 5.74) is 0.283. The van der Waals surface area contributed by atoms with E-state index < -0.39 is 19.7 Å². The molecular formula is C13H7ClN2O4S2. The van der Waals surface area contributed by atoms with Crippen LogP contribution in [-0.2, 0) is 9.84 Å². The van der Waals surface area contributed by atoms with Crippen LogP contribution in [0.4, 0.5) is 5.00 Å². The average molecular weight is 355 g/mol. The zero-order valence-corrected chi connectivity index (χ0v) is 13.2. The maximum atomic E-state index is 12.4. The van der Waals surface area contributed by atoms with Gasteiger partial charge in [-0.1, -0.05) is 22.9 Å². The summed E-state index contributed by atoms with van der Waals surface area (Å²) in [6.45, 7) is 0. The molecule has 6 nitrogen and oxygen atoms in total. The second kappa shape index (κ2) is 6.27. The van der Waals surface area contributed by atoms with Gasteiger partial charge >= 0.3 is 5.00 Å². The van der Waals surface area contributed by atoms with Gasteiger partial charge in [-0.2, -0.15) is 5.26 Å². The van der Waals surface area contributed by atoms with Crippen molar-refractivity contribution in [1.29, 1.82) is 5.26 Å². The second-order valence-electron chi connectivity index (χ2n) is 4.05. The van der Waals surface area contributed by atoms with Gasteiger partial charge in [0, 0.05) is 16.5 Å². The highest BCUT2D eigenvalue weighted by Gasteiger charge is 2.21. The molecule has 0 fully saturated rings. The molecule has 2 rings (SSSR count). The van der Waals surface area contributed by atoms with E-state index in [1.54, 1.807) is 6.07 Å². The molecule has 0 bridgehead atoms. The monoisotopic (exact) mass is 354 g/mol. The van der Waals surface area contributed by atoms with Crippen molar-refractivity contribution in [3.63, 3.8) is 0 Å². The molecule has 9 heteroatoms. The SMILES string of the molecule is N#C/C(=C\c1csc([N+](=O)[O-])c1)S(=O)(=O)c1ccc(Cl)cc1. The number of nitriles is 1. The van der Waals surface area contributed by atoms with Crippen LogP contribution in [0.25, 0.3) is 6.08 Å². The number of nitro groups is 1. The summed E-state index contributed by atoms with van der Waals surface area (Å²) < 4.78 is 24.7. The van der Waals surface area contributed by atoms with Crippen molar-refractivity contribution in [1.82, 2.24) is 0 Å². The zero-order chi connectivity index (χ0) is 16.3. The number of benzene rings is 1. The van der Waals surface area contributed by atoms with Gasteiger partial charge in [-0.05, 0) is 35.9 Å². The summed E-state index contributed by atoms with van der Waals surface area (Å²) in [4.78, 5) is 9.47. The topological polar surface area (TPSA) is 101 Å². The Labute approximate surface area is 135 Å². The fourth-order valence-corrected chi connectivity index (χ4v) is 3.54. The van der Waals surface area contributed by atoms with Crippen LogP contribution in [-0.4, -0.2) is 13.3 Å². The third kappa shape index (κ3) is 3.33. The minimum atomic E-state index is -4.00. The number of rotatable bonds is 4. The van der Waals surface area contributed by atoms with Crippen molar-refractivity contribution >= 4 is 43.9 Å². The Hall–Kier alpha value is -2.21. The van der Waals surface area contributed by atoms with Gasteiger partial charge in [0.05, 0.1) is 9.82 Å². The van der Waals surface area contributed by atoms with Crippen LogP contribution in [0.5, 0.6) is 0 Å².